The Labute approximate surface area is 106 Å². The summed E-state index contributed by atoms with van der Waals surface area (Å²) in [4.78, 5) is 24.1. The lowest BCUT2D eigenvalue weighted by atomic mass is 10.0. The van der Waals surface area contributed by atoms with Crippen LogP contribution < -0.4 is 4.90 Å². The van der Waals surface area contributed by atoms with Gasteiger partial charge in [-0.05, 0) is 24.8 Å². The first-order chi connectivity index (χ1) is 8.63. The highest BCUT2D eigenvalue weighted by Crippen LogP contribution is 2.31. The van der Waals surface area contributed by atoms with Gasteiger partial charge >= 0.3 is 0 Å². The molecule has 0 N–H and O–H groups in total. The number of nitro groups is 1. The van der Waals surface area contributed by atoms with Crippen LogP contribution >= 0.6 is 0 Å². The van der Waals surface area contributed by atoms with Crippen molar-refractivity contribution in [3.05, 3.63) is 33.9 Å². The highest BCUT2D eigenvalue weighted by atomic mass is 16.6. The Balaban J connectivity index is 2.37. The van der Waals surface area contributed by atoms with Crippen LogP contribution in [0, 0.1) is 10.1 Å². The van der Waals surface area contributed by atoms with Crippen molar-refractivity contribution in [1.82, 2.24) is 0 Å². The maximum Gasteiger partial charge on any atom is 0.271 e. The van der Waals surface area contributed by atoms with E-state index in [0.29, 0.717) is 18.7 Å². The third-order valence-electron chi connectivity index (χ3n) is 3.16. The van der Waals surface area contributed by atoms with Gasteiger partial charge in [-0.15, -0.1) is 0 Å². The van der Waals surface area contributed by atoms with Crippen LogP contribution in [0.5, 0.6) is 0 Å². The number of nitro benzene ring substituents is 1. The lowest BCUT2D eigenvalue weighted by molar-refractivity contribution is -0.384. The van der Waals surface area contributed by atoms with Crippen LogP contribution in [-0.4, -0.2) is 17.4 Å². The van der Waals surface area contributed by atoms with Crippen LogP contribution in [0.3, 0.4) is 0 Å². The van der Waals surface area contributed by atoms with Crippen molar-refractivity contribution in [2.45, 2.75) is 32.6 Å². The summed E-state index contributed by atoms with van der Waals surface area (Å²) < 4.78 is 0. The predicted octanol–water partition coefficient (Wildman–Crippen LogP) is 2.67. The van der Waals surface area contributed by atoms with Crippen molar-refractivity contribution in [2.75, 3.05) is 11.4 Å². The van der Waals surface area contributed by atoms with Crippen molar-refractivity contribution < 1.29 is 9.72 Å². The molecule has 1 aliphatic heterocycles. The van der Waals surface area contributed by atoms with Crippen molar-refractivity contribution in [3.63, 3.8) is 0 Å². The number of rotatable bonds is 3. The molecule has 96 valence electrons. The van der Waals surface area contributed by atoms with E-state index in [0.717, 1.165) is 24.8 Å². The summed E-state index contributed by atoms with van der Waals surface area (Å²) in [7, 11) is 0. The number of hydrogen-bond acceptors (Lipinski definition) is 3. The molecule has 1 heterocycles. The molecule has 5 heteroatoms. The molecule has 0 saturated carbocycles. The van der Waals surface area contributed by atoms with E-state index in [4.69, 9.17) is 0 Å². The molecule has 0 saturated heterocycles. The van der Waals surface area contributed by atoms with E-state index in [1.165, 1.54) is 12.1 Å². The number of non-ortho nitro benzene ring substituents is 1. The molecule has 0 aromatic heterocycles. The molecule has 0 radical (unpaired) electrons. The first-order valence-corrected chi connectivity index (χ1v) is 6.21. The molecule has 5 nitrogen and oxygen atoms in total. The summed E-state index contributed by atoms with van der Waals surface area (Å²) in [5, 5.41) is 10.8. The second-order valence-corrected chi connectivity index (χ2v) is 4.47. The summed E-state index contributed by atoms with van der Waals surface area (Å²) in [6.45, 7) is 2.61. The number of nitrogens with zero attached hydrogens (tertiary/aromatic N) is 2. The van der Waals surface area contributed by atoms with Crippen molar-refractivity contribution in [3.8, 4) is 0 Å². The number of carbonyl (C=O) groups excluding carboxylic acids is 1. The number of hydrogen-bond donors (Lipinski definition) is 0. The molecule has 1 aromatic rings. The molecule has 1 aromatic carbocycles. The summed E-state index contributed by atoms with van der Waals surface area (Å²) in [6, 6.07) is 4.79. The Kier molecular flexibility index (Phi) is 3.60. The van der Waals surface area contributed by atoms with Crippen LogP contribution in [0.4, 0.5) is 11.4 Å². The van der Waals surface area contributed by atoms with Gasteiger partial charge < -0.3 is 4.90 Å². The fraction of sp³-hybridized carbons (Fsp3) is 0.462. The Hall–Kier alpha value is -1.91. The monoisotopic (exact) mass is 248 g/mol. The van der Waals surface area contributed by atoms with Crippen molar-refractivity contribution in [1.29, 1.82) is 0 Å². The molecule has 0 unspecified atom stereocenters. The number of anilines is 1. The summed E-state index contributed by atoms with van der Waals surface area (Å²) in [6.07, 6.45) is 3.07. The van der Waals surface area contributed by atoms with E-state index >= 15 is 0 Å². The first kappa shape index (κ1) is 12.5. The van der Waals surface area contributed by atoms with Gasteiger partial charge in [0.25, 0.3) is 5.69 Å². The van der Waals surface area contributed by atoms with Gasteiger partial charge in [0, 0.05) is 25.1 Å². The maximum atomic E-state index is 12.0. The fourth-order valence-electron chi connectivity index (χ4n) is 2.28. The van der Waals surface area contributed by atoms with E-state index < -0.39 is 4.92 Å². The van der Waals surface area contributed by atoms with E-state index in [-0.39, 0.29) is 11.6 Å². The molecule has 18 heavy (non-hydrogen) atoms. The molecule has 2 rings (SSSR count). The van der Waals surface area contributed by atoms with E-state index in [2.05, 4.69) is 0 Å². The van der Waals surface area contributed by atoms with Crippen LogP contribution in [-0.2, 0) is 11.2 Å². The van der Waals surface area contributed by atoms with Crippen molar-refractivity contribution >= 4 is 17.3 Å². The molecule has 0 spiro atoms. The normalized spacial score (nSPS) is 14.2. The highest BCUT2D eigenvalue weighted by molar-refractivity contribution is 5.94. The Morgan fingerprint density at radius 1 is 1.50 bits per heavy atom. The third kappa shape index (κ3) is 2.34. The molecule has 1 amide bonds. The van der Waals surface area contributed by atoms with Crippen LogP contribution in [0.1, 0.15) is 31.7 Å². The van der Waals surface area contributed by atoms with Crippen molar-refractivity contribution in [2.24, 2.45) is 0 Å². The predicted molar refractivity (Wildman–Crippen MR) is 68.7 cm³/mol. The number of aryl methyl sites for hydroxylation is 1. The number of amides is 1. The van der Waals surface area contributed by atoms with Gasteiger partial charge in [0.1, 0.15) is 0 Å². The number of fused-ring (bicyclic) bond motifs is 1. The molecule has 0 aliphatic carbocycles. The zero-order chi connectivity index (χ0) is 13.1. The maximum absolute atomic E-state index is 12.0. The average Bonchev–Trinajstić information content (AvgIpc) is 2.37. The Morgan fingerprint density at radius 3 is 2.94 bits per heavy atom. The quantitative estimate of drug-likeness (QED) is 0.610. The van der Waals surface area contributed by atoms with Gasteiger partial charge in [0.15, 0.2) is 0 Å². The average molecular weight is 248 g/mol. The molecular weight excluding hydrogens is 232 g/mol. The third-order valence-corrected chi connectivity index (χ3v) is 3.16. The van der Waals surface area contributed by atoms with Gasteiger partial charge in [-0.2, -0.15) is 0 Å². The minimum Gasteiger partial charge on any atom is -0.312 e. The molecule has 0 bridgehead atoms. The van der Waals surface area contributed by atoms with Gasteiger partial charge in [-0.25, -0.2) is 0 Å². The van der Waals surface area contributed by atoms with E-state index in [1.807, 2.05) is 6.92 Å². The fourth-order valence-corrected chi connectivity index (χ4v) is 2.28. The standard InChI is InChI=1S/C13H16N2O3/c1-2-4-13(16)14-8-3-5-10-6-7-11(15(17)18)9-12(10)14/h6-7,9H,2-5,8H2,1H3. The first-order valence-electron chi connectivity index (χ1n) is 6.21. The van der Waals surface area contributed by atoms with Crippen LogP contribution in [0.15, 0.2) is 18.2 Å². The largest absolute Gasteiger partial charge is 0.312 e. The Bertz CT molecular complexity index is 485. The van der Waals surface area contributed by atoms with E-state index in [1.54, 1.807) is 11.0 Å². The minimum atomic E-state index is -0.419. The molecular formula is C13H16N2O3. The van der Waals surface area contributed by atoms with E-state index in [9.17, 15) is 14.9 Å². The smallest absolute Gasteiger partial charge is 0.271 e. The summed E-state index contributed by atoms with van der Waals surface area (Å²) >= 11 is 0. The van der Waals surface area contributed by atoms with Gasteiger partial charge in [-0.3, -0.25) is 14.9 Å². The van der Waals surface area contributed by atoms with Gasteiger partial charge in [0.05, 0.1) is 10.6 Å². The topological polar surface area (TPSA) is 63.5 Å². The van der Waals surface area contributed by atoms with Gasteiger partial charge in [-0.1, -0.05) is 13.0 Å². The lowest BCUT2D eigenvalue weighted by Crippen LogP contribution is -2.35. The van der Waals surface area contributed by atoms with Crippen LogP contribution in [0.2, 0.25) is 0 Å². The zero-order valence-corrected chi connectivity index (χ0v) is 10.4. The summed E-state index contributed by atoms with van der Waals surface area (Å²) in [5.74, 6) is 0.0546. The highest BCUT2D eigenvalue weighted by Gasteiger charge is 2.23. The molecule has 0 fully saturated rings. The number of carbonyl (C=O) groups is 1. The lowest BCUT2D eigenvalue weighted by Gasteiger charge is -2.29. The molecule has 0 atom stereocenters. The van der Waals surface area contributed by atoms with Crippen LogP contribution in [0.25, 0.3) is 0 Å². The second-order valence-electron chi connectivity index (χ2n) is 4.47. The minimum absolute atomic E-state index is 0.0462. The van der Waals surface area contributed by atoms with Gasteiger partial charge in [0.2, 0.25) is 5.91 Å². The second kappa shape index (κ2) is 5.16. The Morgan fingerprint density at radius 2 is 2.28 bits per heavy atom. The zero-order valence-electron chi connectivity index (χ0n) is 10.4. The SMILES string of the molecule is CCCC(=O)N1CCCc2ccc([N+](=O)[O-])cc21. The molecule has 1 aliphatic rings. The number of benzene rings is 1. The summed E-state index contributed by atoms with van der Waals surface area (Å²) in [5.41, 5.74) is 1.79.